The number of rotatable bonds is 3. The Hall–Kier alpha value is -2.87. The van der Waals surface area contributed by atoms with Crippen molar-refractivity contribution >= 4 is 22.1 Å². The number of sulfonamides is 1. The van der Waals surface area contributed by atoms with E-state index in [4.69, 9.17) is 4.74 Å². The minimum atomic E-state index is -3.70. The van der Waals surface area contributed by atoms with E-state index in [1.54, 1.807) is 43.4 Å². The van der Waals surface area contributed by atoms with E-state index in [0.717, 1.165) is 0 Å². The van der Waals surface area contributed by atoms with Gasteiger partial charge in [-0.25, -0.2) is 5.01 Å². The average molecular weight is 345 g/mol. The van der Waals surface area contributed by atoms with Gasteiger partial charge in [-0.3, -0.25) is 0 Å². The lowest BCUT2D eigenvalue weighted by Crippen LogP contribution is -2.21. The molecule has 1 aliphatic heterocycles. The van der Waals surface area contributed by atoms with Gasteiger partial charge < -0.3 is 9.84 Å². The molecule has 24 heavy (non-hydrogen) atoms. The van der Waals surface area contributed by atoms with Crippen LogP contribution < -0.4 is 4.74 Å². The Labute approximate surface area is 139 Å². The fraction of sp³-hybridized carbons (Fsp3) is 0.125. The Morgan fingerprint density at radius 3 is 2.71 bits per heavy atom. The number of phenolic OH excluding ortho intramolecular Hbond substituents is 1. The molecule has 1 N–H and O–H groups in total. The smallest absolute Gasteiger partial charge is 0.285 e. The molecule has 3 rings (SSSR count). The van der Waals surface area contributed by atoms with Crippen LogP contribution in [0.4, 0.5) is 0 Å². The molecular weight excluding hydrogens is 330 g/mol. The van der Waals surface area contributed by atoms with Crippen molar-refractivity contribution < 1.29 is 18.3 Å². The zero-order valence-electron chi connectivity index (χ0n) is 13.0. The maximum Gasteiger partial charge on any atom is 0.285 e. The number of nitrogens with zero attached hydrogens (tertiary/aromatic N) is 3. The van der Waals surface area contributed by atoms with E-state index in [1.165, 1.54) is 24.4 Å². The first kappa shape index (κ1) is 16.0. The molecular formula is C16H15N3O4S. The first-order valence-electron chi connectivity index (χ1n) is 7.02. The molecule has 0 saturated carbocycles. The number of para-hydroxylation sites is 1. The lowest BCUT2D eigenvalue weighted by Gasteiger charge is -2.12. The van der Waals surface area contributed by atoms with Crippen molar-refractivity contribution in [3.63, 3.8) is 0 Å². The number of hydrogen-bond acceptors (Lipinski definition) is 6. The summed E-state index contributed by atoms with van der Waals surface area (Å²) in [6.45, 7) is 0. The van der Waals surface area contributed by atoms with E-state index in [-0.39, 0.29) is 16.5 Å². The second kappa shape index (κ2) is 5.97. The highest BCUT2D eigenvalue weighted by atomic mass is 32.2. The predicted molar refractivity (Wildman–Crippen MR) is 90.2 cm³/mol. The van der Waals surface area contributed by atoms with E-state index < -0.39 is 10.0 Å². The summed E-state index contributed by atoms with van der Waals surface area (Å²) < 4.78 is 32.9. The summed E-state index contributed by atoms with van der Waals surface area (Å²) in [5, 5.41) is 15.6. The van der Waals surface area contributed by atoms with Crippen molar-refractivity contribution in [2.75, 3.05) is 14.2 Å². The van der Waals surface area contributed by atoms with Crippen LogP contribution >= 0.6 is 0 Å². The standard InChI is InChI=1S/C16H15N3O4S/c1-19(17-10-11-6-5-8-13(23-2)15(11)20)16-12-7-3-4-9-14(12)24(21,22)18-16/h3-10,20H,1-2H3. The fourth-order valence-electron chi connectivity index (χ4n) is 2.33. The Balaban J connectivity index is 1.93. The first-order valence-corrected chi connectivity index (χ1v) is 8.46. The van der Waals surface area contributed by atoms with Crippen molar-refractivity contribution in [3.8, 4) is 11.5 Å². The summed E-state index contributed by atoms with van der Waals surface area (Å²) in [7, 11) is -0.656. The van der Waals surface area contributed by atoms with Gasteiger partial charge in [-0.05, 0) is 24.3 Å². The molecule has 0 saturated heterocycles. The Morgan fingerprint density at radius 2 is 1.96 bits per heavy atom. The zero-order chi connectivity index (χ0) is 17.3. The third-order valence-electron chi connectivity index (χ3n) is 3.54. The van der Waals surface area contributed by atoms with Gasteiger partial charge >= 0.3 is 0 Å². The number of amidine groups is 1. The second-order valence-electron chi connectivity index (χ2n) is 5.05. The number of benzene rings is 2. The van der Waals surface area contributed by atoms with Crippen LogP contribution in [0.5, 0.6) is 11.5 Å². The summed E-state index contributed by atoms with van der Waals surface area (Å²) in [5.41, 5.74) is 0.933. The zero-order valence-corrected chi connectivity index (χ0v) is 13.9. The Bertz CT molecular complexity index is 952. The largest absolute Gasteiger partial charge is 0.504 e. The molecule has 0 atom stereocenters. The lowest BCUT2D eigenvalue weighted by atomic mass is 10.2. The lowest BCUT2D eigenvalue weighted by molar-refractivity contribution is 0.373. The molecule has 2 aromatic carbocycles. The van der Waals surface area contributed by atoms with Gasteiger partial charge in [0.15, 0.2) is 17.3 Å². The monoisotopic (exact) mass is 345 g/mol. The minimum absolute atomic E-state index is 0.0430. The van der Waals surface area contributed by atoms with Gasteiger partial charge in [-0.1, -0.05) is 18.2 Å². The van der Waals surface area contributed by atoms with Gasteiger partial charge in [0.05, 0.1) is 13.3 Å². The van der Waals surface area contributed by atoms with E-state index in [0.29, 0.717) is 16.9 Å². The highest BCUT2D eigenvalue weighted by molar-refractivity contribution is 7.90. The van der Waals surface area contributed by atoms with Crippen LogP contribution in [0.25, 0.3) is 0 Å². The highest BCUT2D eigenvalue weighted by Gasteiger charge is 2.30. The number of aromatic hydroxyl groups is 1. The Kier molecular flexibility index (Phi) is 3.98. The van der Waals surface area contributed by atoms with Gasteiger partial charge in [0.1, 0.15) is 4.90 Å². The number of hydrogen-bond donors (Lipinski definition) is 1. The molecule has 7 nitrogen and oxygen atoms in total. The molecule has 8 heteroatoms. The molecule has 0 unspecified atom stereocenters. The second-order valence-corrected chi connectivity index (χ2v) is 6.62. The van der Waals surface area contributed by atoms with Gasteiger partial charge in [-0.2, -0.15) is 13.5 Å². The summed E-state index contributed by atoms with van der Waals surface area (Å²) in [6, 6.07) is 11.6. The minimum Gasteiger partial charge on any atom is -0.504 e. The maximum absolute atomic E-state index is 12.1. The summed E-state index contributed by atoms with van der Waals surface area (Å²) in [4.78, 5) is 0.159. The highest BCUT2D eigenvalue weighted by Crippen LogP contribution is 2.29. The normalized spacial score (nSPS) is 15.2. The quantitative estimate of drug-likeness (QED) is 0.677. The SMILES string of the molecule is COc1cccc(C=NN(C)C2=NS(=O)(=O)c3ccccc32)c1O. The van der Waals surface area contributed by atoms with Crippen molar-refractivity contribution in [3.05, 3.63) is 53.6 Å². The van der Waals surface area contributed by atoms with E-state index in [1.807, 2.05) is 0 Å². The number of fused-ring (bicyclic) bond motifs is 1. The van der Waals surface area contributed by atoms with Crippen LogP contribution in [0, 0.1) is 0 Å². The molecule has 2 aromatic rings. The third kappa shape index (κ3) is 2.71. The molecule has 0 radical (unpaired) electrons. The van der Waals surface area contributed by atoms with E-state index in [2.05, 4.69) is 9.50 Å². The van der Waals surface area contributed by atoms with Crippen LogP contribution in [-0.2, 0) is 10.0 Å². The summed E-state index contributed by atoms with van der Waals surface area (Å²) in [6.07, 6.45) is 1.41. The van der Waals surface area contributed by atoms with Crippen LogP contribution in [0.3, 0.4) is 0 Å². The van der Waals surface area contributed by atoms with Crippen LogP contribution in [0.15, 0.2) is 56.9 Å². The Morgan fingerprint density at radius 1 is 1.21 bits per heavy atom. The number of methoxy groups -OCH3 is 1. The van der Waals surface area contributed by atoms with Crippen LogP contribution in [0.2, 0.25) is 0 Å². The molecule has 0 aliphatic carbocycles. The summed E-state index contributed by atoms with van der Waals surface area (Å²) >= 11 is 0. The van der Waals surface area contributed by atoms with Crippen molar-refractivity contribution in [1.29, 1.82) is 0 Å². The van der Waals surface area contributed by atoms with Crippen LogP contribution in [-0.4, -0.2) is 44.7 Å². The van der Waals surface area contributed by atoms with E-state index >= 15 is 0 Å². The van der Waals surface area contributed by atoms with Crippen molar-refractivity contribution in [2.45, 2.75) is 4.90 Å². The average Bonchev–Trinajstić information content (AvgIpc) is 2.86. The molecule has 124 valence electrons. The third-order valence-corrected chi connectivity index (χ3v) is 4.86. The molecule has 0 fully saturated rings. The predicted octanol–water partition coefficient (Wildman–Crippen LogP) is 1.82. The fourth-order valence-corrected chi connectivity index (χ4v) is 3.56. The van der Waals surface area contributed by atoms with Gasteiger partial charge in [-0.15, -0.1) is 4.40 Å². The first-order chi connectivity index (χ1) is 11.4. The molecule has 0 aromatic heterocycles. The molecule has 0 bridgehead atoms. The molecule has 1 heterocycles. The molecule has 0 spiro atoms. The molecule has 0 amide bonds. The maximum atomic E-state index is 12.1. The summed E-state index contributed by atoms with van der Waals surface area (Å²) in [5.74, 6) is 0.510. The van der Waals surface area contributed by atoms with Gasteiger partial charge in [0.2, 0.25) is 0 Å². The topological polar surface area (TPSA) is 91.6 Å². The number of ether oxygens (including phenoxy) is 1. The number of phenols is 1. The van der Waals surface area contributed by atoms with Crippen molar-refractivity contribution in [1.82, 2.24) is 5.01 Å². The number of hydrazone groups is 1. The van der Waals surface area contributed by atoms with Gasteiger partial charge in [0.25, 0.3) is 10.0 Å². The molecule has 1 aliphatic rings. The van der Waals surface area contributed by atoms with E-state index in [9.17, 15) is 13.5 Å². The van der Waals surface area contributed by atoms with Gasteiger partial charge in [0, 0.05) is 18.2 Å². The van der Waals surface area contributed by atoms with Crippen molar-refractivity contribution in [2.24, 2.45) is 9.50 Å². The van der Waals surface area contributed by atoms with Crippen LogP contribution in [0.1, 0.15) is 11.1 Å².